The maximum atomic E-state index is 10.7. The summed E-state index contributed by atoms with van der Waals surface area (Å²) in [5, 5.41) is 8.82. The summed E-state index contributed by atoms with van der Waals surface area (Å²) >= 11 is 0. The second kappa shape index (κ2) is 3.90. The maximum absolute atomic E-state index is 10.7. The van der Waals surface area contributed by atoms with Crippen LogP contribution in [0, 0.1) is 11.3 Å². The van der Waals surface area contributed by atoms with Gasteiger partial charge in [-0.25, -0.2) is 0 Å². The average molecular weight is 173 g/mol. The van der Waals surface area contributed by atoms with E-state index in [9.17, 15) is 4.79 Å². The Labute approximate surface area is 74.0 Å². The third-order valence-electron chi connectivity index (χ3n) is 2.18. The Balaban J connectivity index is 4.15. The smallest absolute Gasteiger partial charge is 0.309 e. The molecule has 0 saturated heterocycles. The number of nitrogens with two attached hydrogens (primary N) is 1. The van der Waals surface area contributed by atoms with Crippen molar-refractivity contribution in [1.82, 2.24) is 0 Å². The van der Waals surface area contributed by atoms with Crippen molar-refractivity contribution in [2.45, 2.75) is 40.2 Å². The Morgan fingerprint density at radius 1 is 1.50 bits per heavy atom. The van der Waals surface area contributed by atoms with E-state index >= 15 is 0 Å². The molecule has 0 heterocycles. The number of carboxylic acids is 1. The Kier molecular flexibility index (Phi) is 3.71. The topological polar surface area (TPSA) is 63.3 Å². The van der Waals surface area contributed by atoms with Gasteiger partial charge in [0.1, 0.15) is 0 Å². The third kappa shape index (κ3) is 3.22. The lowest BCUT2D eigenvalue weighted by atomic mass is 9.83. The first-order valence-corrected chi connectivity index (χ1v) is 4.26. The number of carboxylic acid groups (broad SMARTS) is 1. The molecule has 0 aliphatic rings. The van der Waals surface area contributed by atoms with E-state index in [2.05, 4.69) is 0 Å². The van der Waals surface area contributed by atoms with Crippen LogP contribution in [0.5, 0.6) is 0 Å². The SMILES string of the molecule is CC(C)C(N)CC(C)(C)C(=O)O. The van der Waals surface area contributed by atoms with Crippen LogP contribution in [0.1, 0.15) is 34.1 Å². The molecule has 0 bridgehead atoms. The van der Waals surface area contributed by atoms with Gasteiger partial charge in [-0.15, -0.1) is 0 Å². The van der Waals surface area contributed by atoms with Crippen LogP contribution in [0.3, 0.4) is 0 Å². The molecule has 3 heteroatoms. The lowest BCUT2D eigenvalue weighted by molar-refractivity contribution is -0.147. The molecule has 1 unspecified atom stereocenters. The lowest BCUT2D eigenvalue weighted by Gasteiger charge is -2.25. The molecule has 0 amide bonds. The summed E-state index contributed by atoms with van der Waals surface area (Å²) in [5.41, 5.74) is 5.07. The minimum atomic E-state index is -0.779. The summed E-state index contributed by atoms with van der Waals surface area (Å²) in [5.74, 6) is -0.442. The van der Waals surface area contributed by atoms with Crippen molar-refractivity contribution >= 4 is 5.97 Å². The highest BCUT2D eigenvalue weighted by Gasteiger charge is 2.30. The van der Waals surface area contributed by atoms with Gasteiger partial charge in [0.05, 0.1) is 5.41 Å². The molecule has 0 aromatic carbocycles. The number of carbonyl (C=O) groups is 1. The predicted octanol–water partition coefficient (Wildman–Crippen LogP) is 1.47. The van der Waals surface area contributed by atoms with E-state index < -0.39 is 11.4 Å². The first-order valence-electron chi connectivity index (χ1n) is 4.26. The number of rotatable bonds is 4. The predicted molar refractivity (Wildman–Crippen MR) is 48.8 cm³/mol. The Hall–Kier alpha value is -0.570. The van der Waals surface area contributed by atoms with Gasteiger partial charge in [0.25, 0.3) is 0 Å². The van der Waals surface area contributed by atoms with Gasteiger partial charge in [0.15, 0.2) is 0 Å². The van der Waals surface area contributed by atoms with Crippen LogP contribution in [0.2, 0.25) is 0 Å². The summed E-state index contributed by atoms with van der Waals surface area (Å²) in [4.78, 5) is 10.7. The van der Waals surface area contributed by atoms with Gasteiger partial charge in [0, 0.05) is 6.04 Å². The fraction of sp³-hybridized carbons (Fsp3) is 0.889. The van der Waals surface area contributed by atoms with Crippen molar-refractivity contribution in [3.63, 3.8) is 0 Å². The molecule has 0 fully saturated rings. The van der Waals surface area contributed by atoms with Crippen molar-refractivity contribution in [3.8, 4) is 0 Å². The van der Waals surface area contributed by atoms with Crippen LogP contribution in [-0.4, -0.2) is 17.1 Å². The van der Waals surface area contributed by atoms with Gasteiger partial charge >= 0.3 is 5.97 Å². The van der Waals surface area contributed by atoms with E-state index in [4.69, 9.17) is 10.8 Å². The van der Waals surface area contributed by atoms with Gasteiger partial charge in [-0.05, 0) is 26.2 Å². The summed E-state index contributed by atoms with van der Waals surface area (Å²) in [6, 6.07) is -0.0314. The summed E-state index contributed by atoms with van der Waals surface area (Å²) in [6.07, 6.45) is 0.528. The molecule has 0 aliphatic carbocycles. The molecule has 1 atom stereocenters. The highest BCUT2D eigenvalue weighted by atomic mass is 16.4. The maximum Gasteiger partial charge on any atom is 0.309 e. The Bertz CT molecular complexity index is 164. The van der Waals surface area contributed by atoms with E-state index in [-0.39, 0.29) is 6.04 Å². The standard InChI is InChI=1S/C9H19NO2/c1-6(2)7(10)5-9(3,4)8(11)12/h6-7H,5,10H2,1-4H3,(H,11,12). The first-order chi connectivity index (χ1) is 5.27. The fourth-order valence-corrected chi connectivity index (χ4v) is 0.912. The van der Waals surface area contributed by atoms with Crippen LogP contribution in [0.4, 0.5) is 0 Å². The molecule has 0 spiro atoms. The summed E-state index contributed by atoms with van der Waals surface area (Å²) < 4.78 is 0. The zero-order chi connectivity index (χ0) is 9.94. The molecule has 0 saturated carbocycles. The van der Waals surface area contributed by atoms with Crippen molar-refractivity contribution in [3.05, 3.63) is 0 Å². The summed E-state index contributed by atoms with van der Waals surface area (Å²) in [7, 11) is 0. The molecular formula is C9H19NO2. The normalized spacial score (nSPS) is 14.8. The van der Waals surface area contributed by atoms with E-state index in [1.807, 2.05) is 13.8 Å². The number of aliphatic carboxylic acids is 1. The van der Waals surface area contributed by atoms with E-state index in [0.29, 0.717) is 12.3 Å². The van der Waals surface area contributed by atoms with E-state index in [1.165, 1.54) is 0 Å². The highest BCUT2D eigenvalue weighted by molar-refractivity contribution is 5.73. The van der Waals surface area contributed by atoms with Crippen molar-refractivity contribution in [1.29, 1.82) is 0 Å². The van der Waals surface area contributed by atoms with Crippen LogP contribution in [-0.2, 0) is 4.79 Å². The molecule has 0 radical (unpaired) electrons. The lowest BCUT2D eigenvalue weighted by Crippen LogP contribution is -2.36. The van der Waals surface area contributed by atoms with E-state index in [1.54, 1.807) is 13.8 Å². The molecule has 0 aliphatic heterocycles. The Morgan fingerprint density at radius 3 is 2.17 bits per heavy atom. The van der Waals surface area contributed by atoms with Crippen LogP contribution in [0.15, 0.2) is 0 Å². The highest BCUT2D eigenvalue weighted by Crippen LogP contribution is 2.24. The quantitative estimate of drug-likeness (QED) is 0.676. The van der Waals surface area contributed by atoms with Crippen LogP contribution in [0.25, 0.3) is 0 Å². The van der Waals surface area contributed by atoms with Gasteiger partial charge < -0.3 is 10.8 Å². The molecule has 3 N–H and O–H groups in total. The van der Waals surface area contributed by atoms with E-state index in [0.717, 1.165) is 0 Å². The number of hydrogen-bond acceptors (Lipinski definition) is 2. The first kappa shape index (κ1) is 11.4. The third-order valence-corrected chi connectivity index (χ3v) is 2.18. The van der Waals surface area contributed by atoms with Gasteiger partial charge in [-0.1, -0.05) is 13.8 Å². The summed E-state index contributed by atoms with van der Waals surface area (Å²) in [6.45, 7) is 7.42. The second-order valence-corrected chi connectivity index (χ2v) is 4.30. The minimum absolute atomic E-state index is 0.0314. The molecule has 12 heavy (non-hydrogen) atoms. The van der Waals surface area contributed by atoms with Gasteiger partial charge in [-0.3, -0.25) is 4.79 Å². The molecule has 0 rings (SSSR count). The van der Waals surface area contributed by atoms with Crippen molar-refractivity contribution in [2.75, 3.05) is 0 Å². The number of hydrogen-bond donors (Lipinski definition) is 2. The molecule has 0 aromatic rings. The van der Waals surface area contributed by atoms with Crippen molar-refractivity contribution < 1.29 is 9.90 Å². The molecule has 0 aromatic heterocycles. The largest absolute Gasteiger partial charge is 0.481 e. The van der Waals surface area contributed by atoms with Crippen LogP contribution >= 0.6 is 0 Å². The van der Waals surface area contributed by atoms with Gasteiger partial charge in [-0.2, -0.15) is 0 Å². The minimum Gasteiger partial charge on any atom is -0.481 e. The Morgan fingerprint density at radius 2 is 1.92 bits per heavy atom. The average Bonchev–Trinajstić information content (AvgIpc) is 1.85. The van der Waals surface area contributed by atoms with Gasteiger partial charge in [0.2, 0.25) is 0 Å². The monoisotopic (exact) mass is 173 g/mol. The zero-order valence-corrected chi connectivity index (χ0v) is 8.29. The molecular weight excluding hydrogens is 154 g/mol. The molecule has 3 nitrogen and oxygen atoms in total. The van der Waals surface area contributed by atoms with Crippen LogP contribution < -0.4 is 5.73 Å². The second-order valence-electron chi connectivity index (χ2n) is 4.30. The fourth-order valence-electron chi connectivity index (χ4n) is 0.912. The zero-order valence-electron chi connectivity index (χ0n) is 8.29. The molecule has 72 valence electrons. The van der Waals surface area contributed by atoms with Crippen molar-refractivity contribution in [2.24, 2.45) is 17.1 Å².